The Morgan fingerprint density at radius 1 is 1.00 bits per heavy atom. The van der Waals surface area contributed by atoms with Gasteiger partial charge in [-0.05, 0) is 49.1 Å². The number of rotatable bonds is 2. The molecule has 6 heteroatoms. The number of aryl methyl sites for hydroxylation is 2. The largest absolute Gasteiger partial charge is 0.459 e. The maximum atomic E-state index is 13.4. The molecule has 1 aliphatic heterocycles. The van der Waals surface area contributed by atoms with E-state index >= 15 is 0 Å². The molecule has 1 aromatic carbocycles. The first-order chi connectivity index (χ1) is 13.7. The number of fused-ring (bicyclic) bond motifs is 1. The van der Waals surface area contributed by atoms with Gasteiger partial charge >= 0.3 is 0 Å². The zero-order valence-electron chi connectivity index (χ0n) is 17.4. The van der Waals surface area contributed by atoms with Crippen LogP contribution in [0.15, 0.2) is 28.9 Å². The molecule has 2 aliphatic rings. The number of benzene rings is 1. The predicted molar refractivity (Wildman–Crippen MR) is 108 cm³/mol. The lowest BCUT2D eigenvalue weighted by molar-refractivity contribution is 0.0517. The fourth-order valence-corrected chi connectivity index (χ4v) is 4.55. The van der Waals surface area contributed by atoms with E-state index < -0.39 is 5.41 Å². The van der Waals surface area contributed by atoms with Crippen LogP contribution in [0.4, 0.5) is 0 Å². The van der Waals surface area contributed by atoms with Gasteiger partial charge in [0.25, 0.3) is 11.8 Å². The van der Waals surface area contributed by atoms with Crippen molar-refractivity contribution in [3.8, 4) is 0 Å². The average Bonchev–Trinajstić information content (AvgIpc) is 3.28. The standard InChI is InChI=1S/C23H26N2O4/c1-14-12-15(2)19(16-13-23(3,4)20(26)18(14)16)22(28)25-9-7-24(8-10-25)21(27)17-6-5-11-29-17/h5-6,11-12H,7-10,13H2,1-4H3. The van der Waals surface area contributed by atoms with Crippen LogP contribution in [-0.2, 0) is 6.42 Å². The third-order valence-electron chi connectivity index (χ3n) is 6.09. The molecular formula is C23H26N2O4. The quantitative estimate of drug-likeness (QED) is 0.784. The van der Waals surface area contributed by atoms with Crippen LogP contribution in [0.5, 0.6) is 0 Å². The molecule has 0 unspecified atom stereocenters. The third-order valence-corrected chi connectivity index (χ3v) is 6.09. The van der Waals surface area contributed by atoms with E-state index in [1.807, 2.05) is 33.8 Å². The van der Waals surface area contributed by atoms with E-state index in [2.05, 4.69) is 0 Å². The smallest absolute Gasteiger partial charge is 0.289 e. The molecule has 4 rings (SSSR count). The molecule has 1 saturated heterocycles. The number of carbonyl (C=O) groups excluding carboxylic acids is 3. The lowest BCUT2D eigenvalue weighted by Gasteiger charge is -2.35. The molecule has 1 aliphatic carbocycles. The van der Waals surface area contributed by atoms with Crippen molar-refractivity contribution in [2.45, 2.75) is 34.1 Å². The first-order valence-corrected chi connectivity index (χ1v) is 10.0. The fraction of sp³-hybridized carbons (Fsp3) is 0.435. The minimum atomic E-state index is -0.482. The molecule has 0 spiro atoms. The van der Waals surface area contributed by atoms with Crippen molar-refractivity contribution in [2.24, 2.45) is 5.41 Å². The van der Waals surface area contributed by atoms with Crippen molar-refractivity contribution in [1.29, 1.82) is 0 Å². The number of ketones is 1. The van der Waals surface area contributed by atoms with E-state index in [1.165, 1.54) is 6.26 Å². The highest BCUT2D eigenvalue weighted by molar-refractivity contribution is 6.10. The monoisotopic (exact) mass is 394 g/mol. The molecule has 2 heterocycles. The highest BCUT2D eigenvalue weighted by Crippen LogP contribution is 2.41. The molecule has 29 heavy (non-hydrogen) atoms. The van der Waals surface area contributed by atoms with Gasteiger partial charge in [-0.25, -0.2) is 0 Å². The van der Waals surface area contributed by atoms with Gasteiger partial charge in [0, 0.05) is 42.7 Å². The van der Waals surface area contributed by atoms with Crippen LogP contribution < -0.4 is 0 Å². The van der Waals surface area contributed by atoms with Crippen molar-refractivity contribution in [3.63, 3.8) is 0 Å². The Kier molecular flexibility index (Phi) is 4.60. The number of hydrogen-bond donors (Lipinski definition) is 0. The summed E-state index contributed by atoms with van der Waals surface area (Å²) in [6.45, 7) is 9.61. The molecule has 0 N–H and O–H groups in total. The van der Waals surface area contributed by atoms with Crippen molar-refractivity contribution >= 4 is 17.6 Å². The maximum absolute atomic E-state index is 13.4. The van der Waals surface area contributed by atoms with Crippen LogP contribution in [0.2, 0.25) is 0 Å². The van der Waals surface area contributed by atoms with Gasteiger partial charge in [-0.3, -0.25) is 14.4 Å². The molecule has 152 valence electrons. The Hall–Kier alpha value is -2.89. The number of carbonyl (C=O) groups is 3. The van der Waals surface area contributed by atoms with E-state index in [0.717, 1.165) is 22.3 Å². The van der Waals surface area contributed by atoms with Crippen molar-refractivity contribution < 1.29 is 18.8 Å². The summed E-state index contributed by atoms with van der Waals surface area (Å²) in [4.78, 5) is 42.2. The van der Waals surface area contributed by atoms with Crippen molar-refractivity contribution in [2.75, 3.05) is 26.2 Å². The number of hydrogen-bond acceptors (Lipinski definition) is 4. The van der Waals surface area contributed by atoms with E-state index in [9.17, 15) is 14.4 Å². The van der Waals surface area contributed by atoms with E-state index in [4.69, 9.17) is 4.42 Å². The van der Waals surface area contributed by atoms with Crippen LogP contribution in [0.25, 0.3) is 0 Å². The lowest BCUT2D eigenvalue weighted by Crippen LogP contribution is -2.50. The van der Waals surface area contributed by atoms with Gasteiger partial charge in [-0.1, -0.05) is 19.9 Å². The highest BCUT2D eigenvalue weighted by Gasteiger charge is 2.42. The van der Waals surface area contributed by atoms with Crippen LogP contribution in [0.1, 0.15) is 61.8 Å². The van der Waals surface area contributed by atoms with Crippen LogP contribution in [0, 0.1) is 19.3 Å². The van der Waals surface area contributed by atoms with Crippen LogP contribution >= 0.6 is 0 Å². The summed E-state index contributed by atoms with van der Waals surface area (Å²) in [5, 5.41) is 0. The van der Waals surface area contributed by atoms with E-state index in [-0.39, 0.29) is 17.6 Å². The normalized spacial score (nSPS) is 18.1. The van der Waals surface area contributed by atoms with Gasteiger partial charge in [0.15, 0.2) is 11.5 Å². The zero-order valence-corrected chi connectivity index (χ0v) is 17.4. The van der Waals surface area contributed by atoms with Gasteiger partial charge in [0.05, 0.1) is 6.26 Å². The molecule has 0 bridgehead atoms. The molecule has 0 atom stereocenters. The Morgan fingerprint density at radius 2 is 1.62 bits per heavy atom. The Labute approximate surface area is 170 Å². The summed E-state index contributed by atoms with van der Waals surface area (Å²) < 4.78 is 5.20. The van der Waals surface area contributed by atoms with Crippen LogP contribution in [-0.4, -0.2) is 53.6 Å². The molecule has 1 aromatic heterocycles. The number of amides is 2. The second-order valence-electron chi connectivity index (χ2n) is 8.69. The zero-order chi connectivity index (χ0) is 20.9. The van der Waals surface area contributed by atoms with Gasteiger partial charge in [0.2, 0.25) is 0 Å². The SMILES string of the molecule is Cc1cc(C)c2c(c1C(=O)N1CCN(C(=O)c3ccco3)CC1)CC(C)(C)C2=O. The van der Waals surface area contributed by atoms with Gasteiger partial charge in [-0.15, -0.1) is 0 Å². The first kappa shape index (κ1) is 19.4. The molecule has 0 radical (unpaired) electrons. The highest BCUT2D eigenvalue weighted by atomic mass is 16.3. The minimum absolute atomic E-state index is 0.0469. The summed E-state index contributed by atoms with van der Waals surface area (Å²) in [6, 6.07) is 5.29. The second kappa shape index (κ2) is 6.87. The molecule has 2 aromatic rings. The topological polar surface area (TPSA) is 70.8 Å². The molecule has 0 saturated carbocycles. The van der Waals surface area contributed by atoms with E-state index in [1.54, 1.807) is 21.9 Å². The summed E-state index contributed by atoms with van der Waals surface area (Å²) in [5.74, 6) is 0.238. The number of furan rings is 1. The first-order valence-electron chi connectivity index (χ1n) is 10.0. The Morgan fingerprint density at radius 3 is 2.21 bits per heavy atom. The van der Waals surface area contributed by atoms with Gasteiger partial charge in [-0.2, -0.15) is 0 Å². The maximum Gasteiger partial charge on any atom is 0.289 e. The predicted octanol–water partition coefficient (Wildman–Crippen LogP) is 3.26. The lowest BCUT2D eigenvalue weighted by atomic mass is 9.88. The summed E-state index contributed by atoms with van der Waals surface area (Å²) in [5.41, 5.74) is 3.64. The van der Waals surface area contributed by atoms with Gasteiger partial charge in [0.1, 0.15) is 0 Å². The van der Waals surface area contributed by atoms with Crippen molar-refractivity contribution in [1.82, 2.24) is 9.80 Å². The van der Waals surface area contributed by atoms with Crippen molar-refractivity contribution in [3.05, 3.63) is 58.0 Å². The van der Waals surface area contributed by atoms with E-state index in [0.29, 0.717) is 43.9 Å². The Balaban J connectivity index is 1.56. The van der Waals surface area contributed by atoms with Gasteiger partial charge < -0.3 is 14.2 Å². The fourth-order valence-electron chi connectivity index (χ4n) is 4.55. The second-order valence-corrected chi connectivity index (χ2v) is 8.69. The number of nitrogens with zero attached hydrogens (tertiary/aromatic N) is 2. The average molecular weight is 394 g/mol. The van der Waals surface area contributed by atoms with Crippen LogP contribution in [0.3, 0.4) is 0 Å². The summed E-state index contributed by atoms with van der Waals surface area (Å²) in [6.07, 6.45) is 2.07. The summed E-state index contributed by atoms with van der Waals surface area (Å²) >= 11 is 0. The molecule has 2 amide bonds. The molecular weight excluding hydrogens is 368 g/mol. The number of Topliss-reactive ketones (excluding diaryl/α,β-unsaturated/α-hetero) is 1. The number of piperazine rings is 1. The summed E-state index contributed by atoms with van der Waals surface area (Å²) in [7, 11) is 0. The third kappa shape index (κ3) is 3.16. The Bertz CT molecular complexity index is 996. The molecule has 1 fully saturated rings. The minimum Gasteiger partial charge on any atom is -0.459 e. The molecule has 6 nitrogen and oxygen atoms in total.